The number of likely N-dealkylation sites (tertiary alicyclic amines) is 1. The summed E-state index contributed by atoms with van der Waals surface area (Å²) >= 11 is 0. The first-order valence-electron chi connectivity index (χ1n) is 14.8. The topological polar surface area (TPSA) is 49.9 Å². The summed E-state index contributed by atoms with van der Waals surface area (Å²) in [7, 11) is 0. The standard InChI is InChI=1S/C32H46N2O3/c1-6-16-34(30(35)7-2)24-13-17-33(18-14-24)31(36)37-29-20-23-9-10-26-25(27(23)19-21(29)3)12-15-32(5)22(4)8-11-28(26)32/h19-20,24-26,28H,4,6-18H2,1-3,5H3. The van der Waals surface area contributed by atoms with Crippen LogP contribution in [0.3, 0.4) is 0 Å². The molecule has 2 amide bonds. The molecule has 0 bridgehead atoms. The minimum atomic E-state index is -0.253. The van der Waals surface area contributed by atoms with Crippen LogP contribution in [0.25, 0.3) is 0 Å². The van der Waals surface area contributed by atoms with E-state index in [1.807, 2.05) is 16.7 Å². The average Bonchev–Trinajstić information content (AvgIpc) is 3.21. The quantitative estimate of drug-likeness (QED) is 0.403. The maximum atomic E-state index is 13.1. The third-order valence-electron chi connectivity index (χ3n) is 10.4. The number of allylic oxidation sites excluding steroid dienone is 1. The van der Waals surface area contributed by atoms with Crippen molar-refractivity contribution in [3.63, 3.8) is 0 Å². The molecule has 0 aromatic heterocycles. The first kappa shape index (κ1) is 26.3. The largest absolute Gasteiger partial charge is 0.415 e. The molecule has 5 heteroatoms. The van der Waals surface area contributed by atoms with Gasteiger partial charge in [0.25, 0.3) is 0 Å². The highest BCUT2D eigenvalue weighted by molar-refractivity contribution is 5.76. The third kappa shape index (κ3) is 4.72. The van der Waals surface area contributed by atoms with Crippen molar-refractivity contribution < 1.29 is 14.3 Å². The van der Waals surface area contributed by atoms with Gasteiger partial charge in [-0.2, -0.15) is 0 Å². The van der Waals surface area contributed by atoms with E-state index in [-0.39, 0.29) is 18.0 Å². The van der Waals surface area contributed by atoms with Crippen LogP contribution in [0.2, 0.25) is 0 Å². The number of carbonyl (C=O) groups excluding carboxylic acids is 2. The van der Waals surface area contributed by atoms with Crippen molar-refractivity contribution in [3.8, 4) is 5.75 Å². The van der Waals surface area contributed by atoms with Gasteiger partial charge in [0.1, 0.15) is 5.75 Å². The molecule has 2 saturated carbocycles. The van der Waals surface area contributed by atoms with Crippen LogP contribution in [0.15, 0.2) is 24.3 Å². The number of benzene rings is 1. The number of fused-ring (bicyclic) bond motifs is 5. The highest BCUT2D eigenvalue weighted by Gasteiger charge is 2.52. The van der Waals surface area contributed by atoms with E-state index in [9.17, 15) is 9.59 Å². The summed E-state index contributed by atoms with van der Waals surface area (Å²) in [5, 5.41) is 0. The molecule has 5 nitrogen and oxygen atoms in total. The van der Waals surface area contributed by atoms with Crippen molar-refractivity contribution in [2.45, 2.75) is 104 Å². The number of ether oxygens (including phenoxy) is 1. The second kappa shape index (κ2) is 10.5. The lowest BCUT2D eigenvalue weighted by atomic mass is 9.55. The lowest BCUT2D eigenvalue weighted by Gasteiger charge is -2.49. The minimum Gasteiger partial charge on any atom is -0.410 e. The zero-order chi connectivity index (χ0) is 26.3. The SMILES string of the molecule is C=C1CCC2C3CCc4cc(OC(=O)N5CCC(N(CCC)C(=O)CC)CC5)c(C)cc4C3CCC12C. The van der Waals surface area contributed by atoms with Crippen molar-refractivity contribution in [3.05, 3.63) is 41.0 Å². The van der Waals surface area contributed by atoms with E-state index in [0.29, 0.717) is 36.6 Å². The average molecular weight is 507 g/mol. The minimum absolute atomic E-state index is 0.218. The number of hydrogen-bond acceptors (Lipinski definition) is 3. The zero-order valence-corrected chi connectivity index (χ0v) is 23.5. The van der Waals surface area contributed by atoms with Crippen LogP contribution in [-0.2, 0) is 11.2 Å². The van der Waals surface area contributed by atoms with Crippen molar-refractivity contribution in [1.29, 1.82) is 0 Å². The highest BCUT2D eigenvalue weighted by Crippen LogP contribution is 2.62. The predicted octanol–water partition coefficient (Wildman–Crippen LogP) is 7.02. The molecule has 3 aliphatic carbocycles. The molecule has 0 N–H and O–H groups in total. The van der Waals surface area contributed by atoms with Gasteiger partial charge in [0, 0.05) is 32.1 Å². The Bertz CT molecular complexity index is 1060. The predicted molar refractivity (Wildman–Crippen MR) is 148 cm³/mol. The Morgan fingerprint density at radius 1 is 1.11 bits per heavy atom. The summed E-state index contributed by atoms with van der Waals surface area (Å²) in [4.78, 5) is 29.4. The molecular weight excluding hydrogens is 460 g/mol. The fourth-order valence-electron chi connectivity index (χ4n) is 8.20. The number of aryl methyl sites for hydroxylation is 2. The van der Waals surface area contributed by atoms with E-state index < -0.39 is 0 Å². The van der Waals surface area contributed by atoms with Crippen molar-refractivity contribution >= 4 is 12.0 Å². The van der Waals surface area contributed by atoms with Gasteiger partial charge in [-0.25, -0.2) is 4.79 Å². The maximum absolute atomic E-state index is 13.1. The van der Waals surface area contributed by atoms with E-state index in [4.69, 9.17) is 4.74 Å². The number of piperidine rings is 1. The summed E-state index contributed by atoms with van der Waals surface area (Å²) in [5.41, 5.74) is 5.77. The second-order valence-electron chi connectivity index (χ2n) is 12.4. The second-order valence-corrected chi connectivity index (χ2v) is 12.4. The molecule has 1 aromatic carbocycles. The maximum Gasteiger partial charge on any atom is 0.415 e. The number of nitrogens with zero attached hydrogens (tertiary/aromatic N) is 2. The molecule has 1 aromatic rings. The highest BCUT2D eigenvalue weighted by atomic mass is 16.6. The summed E-state index contributed by atoms with van der Waals surface area (Å²) in [6.07, 6.45) is 10.2. The van der Waals surface area contributed by atoms with Gasteiger partial charge in [0.2, 0.25) is 5.91 Å². The number of amides is 2. The monoisotopic (exact) mass is 506 g/mol. The summed E-state index contributed by atoms with van der Waals surface area (Å²) in [5.74, 6) is 3.09. The Morgan fingerprint density at radius 2 is 1.86 bits per heavy atom. The van der Waals surface area contributed by atoms with Gasteiger partial charge in [-0.3, -0.25) is 4.79 Å². The van der Waals surface area contributed by atoms with Gasteiger partial charge in [-0.05, 0) is 111 Å². The smallest absolute Gasteiger partial charge is 0.410 e. The van der Waals surface area contributed by atoms with Crippen molar-refractivity contribution in [1.82, 2.24) is 9.80 Å². The van der Waals surface area contributed by atoms with Gasteiger partial charge >= 0.3 is 6.09 Å². The van der Waals surface area contributed by atoms with Gasteiger partial charge in [0.15, 0.2) is 0 Å². The van der Waals surface area contributed by atoms with Crippen LogP contribution in [0.4, 0.5) is 4.79 Å². The molecule has 1 aliphatic heterocycles. The molecule has 1 heterocycles. The molecule has 4 aliphatic rings. The Labute approximate surface area is 223 Å². The van der Waals surface area contributed by atoms with Gasteiger partial charge in [-0.15, -0.1) is 0 Å². The normalized spacial score (nSPS) is 29.4. The fourth-order valence-corrected chi connectivity index (χ4v) is 8.20. The van der Waals surface area contributed by atoms with Crippen LogP contribution < -0.4 is 4.74 Å². The van der Waals surface area contributed by atoms with Crippen molar-refractivity contribution in [2.24, 2.45) is 17.3 Å². The van der Waals surface area contributed by atoms with Crippen LogP contribution in [-0.4, -0.2) is 47.5 Å². The van der Waals surface area contributed by atoms with Gasteiger partial charge < -0.3 is 14.5 Å². The fraction of sp³-hybridized carbons (Fsp3) is 0.688. The molecule has 4 unspecified atom stereocenters. The van der Waals surface area contributed by atoms with E-state index in [2.05, 4.69) is 39.5 Å². The molecule has 202 valence electrons. The van der Waals surface area contributed by atoms with E-state index in [1.165, 1.54) is 48.8 Å². The van der Waals surface area contributed by atoms with E-state index >= 15 is 0 Å². The third-order valence-corrected chi connectivity index (χ3v) is 10.4. The van der Waals surface area contributed by atoms with Crippen LogP contribution in [0, 0.1) is 24.2 Å². The van der Waals surface area contributed by atoms with E-state index in [1.54, 1.807) is 0 Å². The number of carbonyl (C=O) groups is 2. The molecule has 37 heavy (non-hydrogen) atoms. The Hall–Kier alpha value is -2.30. The molecule has 3 fully saturated rings. The Kier molecular flexibility index (Phi) is 7.44. The van der Waals surface area contributed by atoms with Crippen LogP contribution >= 0.6 is 0 Å². The molecular formula is C32H46N2O3. The van der Waals surface area contributed by atoms with Crippen LogP contribution in [0.5, 0.6) is 5.75 Å². The summed E-state index contributed by atoms with van der Waals surface area (Å²) < 4.78 is 5.99. The lowest BCUT2D eigenvalue weighted by Crippen LogP contribution is -2.49. The molecule has 1 saturated heterocycles. The van der Waals surface area contributed by atoms with E-state index in [0.717, 1.165) is 49.6 Å². The molecule has 4 atom stereocenters. The van der Waals surface area contributed by atoms with Gasteiger partial charge in [-0.1, -0.05) is 39.0 Å². The van der Waals surface area contributed by atoms with Crippen molar-refractivity contribution in [2.75, 3.05) is 19.6 Å². The molecule has 5 rings (SSSR count). The summed E-state index contributed by atoms with van der Waals surface area (Å²) in [6.45, 7) is 15.1. The summed E-state index contributed by atoms with van der Waals surface area (Å²) in [6, 6.07) is 4.71. The number of rotatable bonds is 5. The zero-order valence-electron chi connectivity index (χ0n) is 23.5. The molecule has 0 spiro atoms. The lowest BCUT2D eigenvalue weighted by molar-refractivity contribution is -0.134. The molecule has 0 radical (unpaired) electrons. The number of hydrogen-bond donors (Lipinski definition) is 0. The Balaban J connectivity index is 1.24. The van der Waals surface area contributed by atoms with Gasteiger partial charge in [0.05, 0.1) is 0 Å². The van der Waals surface area contributed by atoms with Crippen LogP contribution in [0.1, 0.15) is 101 Å². The Morgan fingerprint density at radius 3 is 2.57 bits per heavy atom. The first-order chi connectivity index (χ1) is 17.8. The first-order valence-corrected chi connectivity index (χ1v) is 14.8.